The molecule has 0 heterocycles. The minimum atomic E-state index is -4.97. The second-order valence-corrected chi connectivity index (χ2v) is 9.83. The maximum absolute atomic E-state index is 12.7. The summed E-state index contributed by atoms with van der Waals surface area (Å²) in [6.07, 6.45) is -1.83. The normalized spacial score (nSPS) is 19.8. The van der Waals surface area contributed by atoms with Crippen LogP contribution in [0, 0.1) is 0 Å². The fourth-order valence-electron chi connectivity index (χ4n) is 4.18. The molecule has 0 bridgehead atoms. The molecule has 2 nitrogen and oxygen atoms in total. The third kappa shape index (κ3) is 5.90. The first kappa shape index (κ1) is 20.6. The molecule has 0 aliphatic heterocycles. The van der Waals surface area contributed by atoms with Gasteiger partial charge in [-0.1, -0.05) is 33.6 Å². The van der Waals surface area contributed by atoms with Crippen LogP contribution in [0.3, 0.4) is 0 Å². The van der Waals surface area contributed by atoms with Crippen LogP contribution in [0.5, 0.6) is 11.5 Å². The Hall–Kier alpha value is -1.17. The molecule has 0 radical (unpaired) electrons. The van der Waals surface area contributed by atoms with Crippen LogP contribution >= 0.6 is 7.92 Å². The van der Waals surface area contributed by atoms with Gasteiger partial charge in [0.25, 0.3) is 0 Å². The number of hydrogen-bond acceptors (Lipinski definition) is 2. The van der Waals surface area contributed by atoms with Gasteiger partial charge in [-0.2, -0.15) is 0 Å². The van der Waals surface area contributed by atoms with Crippen LogP contribution in [0.25, 0.3) is 0 Å². The zero-order valence-electron chi connectivity index (χ0n) is 14.6. The van der Waals surface area contributed by atoms with Gasteiger partial charge in [0.2, 0.25) is 0 Å². The first-order chi connectivity index (χ1) is 12.6. The summed E-state index contributed by atoms with van der Waals surface area (Å²) in [5.74, 6) is -1.30. The van der Waals surface area contributed by atoms with Gasteiger partial charge >= 0.3 is 12.7 Å². The van der Waals surface area contributed by atoms with Crippen molar-refractivity contribution in [3.63, 3.8) is 0 Å². The summed E-state index contributed by atoms with van der Waals surface area (Å²) in [6, 6.07) is 3.18. The molecule has 2 saturated carbocycles. The summed E-state index contributed by atoms with van der Waals surface area (Å²) >= 11 is 0. The van der Waals surface area contributed by atoms with Crippen molar-refractivity contribution in [1.29, 1.82) is 0 Å². The highest BCUT2D eigenvalue weighted by Gasteiger charge is 2.37. The lowest BCUT2D eigenvalue weighted by Crippen LogP contribution is -2.23. The first-order valence-corrected chi connectivity index (χ1v) is 10.5. The standard InChI is InChI=1S/C18H21F6O2P/c19-17(20,21)25-12-9-13(26-18(22,23)24)11-16(10-12)27(14-5-1-2-6-14)15-7-3-4-8-15/h9-11,14-15H,1-8H2. The Morgan fingerprint density at radius 3 is 1.37 bits per heavy atom. The number of benzene rings is 1. The smallest absolute Gasteiger partial charge is 0.406 e. The van der Waals surface area contributed by atoms with E-state index in [1.54, 1.807) is 0 Å². The van der Waals surface area contributed by atoms with Gasteiger partial charge in [0.15, 0.2) is 0 Å². The summed E-state index contributed by atoms with van der Waals surface area (Å²) in [5.41, 5.74) is 0.672. The molecule has 0 saturated heterocycles. The fourth-order valence-corrected chi connectivity index (χ4v) is 8.01. The number of hydrogen-bond donors (Lipinski definition) is 0. The SMILES string of the molecule is FC(F)(F)Oc1cc(OC(F)(F)F)cc(P(C2CCCC2)C2CCCC2)c1. The van der Waals surface area contributed by atoms with Crippen LogP contribution in [0.4, 0.5) is 26.3 Å². The first-order valence-electron chi connectivity index (χ1n) is 9.06. The minimum absolute atomic E-state index is 0.336. The Bertz CT molecular complexity index is 583. The van der Waals surface area contributed by atoms with Gasteiger partial charge in [-0.05, 0) is 54.4 Å². The van der Waals surface area contributed by atoms with E-state index >= 15 is 0 Å². The number of rotatable bonds is 5. The summed E-state index contributed by atoms with van der Waals surface area (Å²) in [5, 5.41) is 0.518. The summed E-state index contributed by atoms with van der Waals surface area (Å²) in [4.78, 5) is 0. The second-order valence-electron chi connectivity index (χ2n) is 7.04. The van der Waals surface area contributed by atoms with Crippen LogP contribution in [-0.2, 0) is 0 Å². The van der Waals surface area contributed by atoms with Gasteiger partial charge < -0.3 is 9.47 Å². The van der Waals surface area contributed by atoms with Gasteiger partial charge in [-0.3, -0.25) is 0 Å². The van der Waals surface area contributed by atoms with E-state index in [-0.39, 0.29) is 0 Å². The van der Waals surface area contributed by atoms with E-state index in [9.17, 15) is 26.3 Å². The molecule has 3 rings (SSSR count). The van der Waals surface area contributed by atoms with Crippen LogP contribution in [-0.4, -0.2) is 24.0 Å². The van der Waals surface area contributed by atoms with E-state index < -0.39 is 32.1 Å². The summed E-state index contributed by atoms with van der Waals surface area (Å²) < 4.78 is 83.9. The second kappa shape index (κ2) is 8.06. The van der Waals surface area contributed by atoms with Crippen molar-refractivity contribution in [2.45, 2.75) is 75.4 Å². The van der Waals surface area contributed by atoms with Gasteiger partial charge in [-0.25, -0.2) is 0 Å². The lowest BCUT2D eigenvalue weighted by molar-refractivity contribution is -0.276. The quantitative estimate of drug-likeness (QED) is 0.406. The lowest BCUT2D eigenvalue weighted by Gasteiger charge is -2.31. The highest BCUT2D eigenvalue weighted by Crippen LogP contribution is 2.57. The molecule has 2 aliphatic rings. The zero-order valence-corrected chi connectivity index (χ0v) is 15.5. The van der Waals surface area contributed by atoms with Crippen LogP contribution in [0.2, 0.25) is 0 Å². The van der Waals surface area contributed by atoms with Gasteiger partial charge in [-0.15, -0.1) is 26.3 Å². The van der Waals surface area contributed by atoms with Crippen molar-refractivity contribution >= 4 is 13.2 Å². The molecule has 0 atom stereocenters. The molecule has 2 fully saturated rings. The van der Waals surface area contributed by atoms with Crippen molar-refractivity contribution in [3.05, 3.63) is 18.2 Å². The topological polar surface area (TPSA) is 18.5 Å². The number of alkyl halides is 6. The zero-order chi connectivity index (χ0) is 19.7. The largest absolute Gasteiger partial charge is 0.573 e. The lowest BCUT2D eigenvalue weighted by atomic mass is 10.3. The van der Waals surface area contributed by atoms with E-state index in [2.05, 4.69) is 9.47 Å². The van der Waals surface area contributed by atoms with E-state index in [1.807, 2.05) is 0 Å². The summed E-state index contributed by atoms with van der Waals surface area (Å²) in [7, 11) is -0.868. The Balaban J connectivity index is 1.98. The molecule has 9 heteroatoms. The van der Waals surface area contributed by atoms with Gasteiger partial charge in [0.05, 0.1) is 0 Å². The van der Waals surface area contributed by atoms with Crippen molar-refractivity contribution in [2.24, 2.45) is 0 Å². The van der Waals surface area contributed by atoms with Gasteiger partial charge in [0, 0.05) is 6.07 Å². The molecular formula is C18H21F6O2P. The maximum Gasteiger partial charge on any atom is 0.573 e. The molecule has 27 heavy (non-hydrogen) atoms. The highest BCUT2D eigenvalue weighted by molar-refractivity contribution is 7.67. The minimum Gasteiger partial charge on any atom is -0.406 e. The van der Waals surface area contributed by atoms with Crippen molar-refractivity contribution in [1.82, 2.24) is 0 Å². The van der Waals surface area contributed by atoms with Crippen LogP contribution in [0.15, 0.2) is 18.2 Å². The van der Waals surface area contributed by atoms with Crippen LogP contribution in [0.1, 0.15) is 51.4 Å². The van der Waals surface area contributed by atoms with E-state index in [1.165, 1.54) is 12.1 Å². The van der Waals surface area contributed by atoms with Crippen molar-refractivity contribution in [2.75, 3.05) is 0 Å². The van der Waals surface area contributed by atoms with E-state index in [0.29, 0.717) is 22.7 Å². The van der Waals surface area contributed by atoms with Crippen molar-refractivity contribution in [3.8, 4) is 11.5 Å². The maximum atomic E-state index is 12.7. The molecule has 0 amide bonds. The van der Waals surface area contributed by atoms with Crippen molar-refractivity contribution < 1.29 is 35.8 Å². The molecule has 0 spiro atoms. The monoisotopic (exact) mass is 414 g/mol. The molecule has 2 aliphatic carbocycles. The molecule has 1 aromatic rings. The predicted molar refractivity (Wildman–Crippen MR) is 90.9 cm³/mol. The molecule has 1 aromatic carbocycles. The summed E-state index contributed by atoms with van der Waals surface area (Å²) in [6.45, 7) is 0. The molecule has 152 valence electrons. The Labute approximate surface area is 155 Å². The predicted octanol–water partition coefficient (Wildman–Crippen LogP) is 6.48. The number of halogens is 6. The average molecular weight is 414 g/mol. The Kier molecular flexibility index (Phi) is 6.14. The third-order valence-electron chi connectivity index (χ3n) is 5.07. The highest BCUT2D eigenvalue weighted by atomic mass is 31.1. The van der Waals surface area contributed by atoms with E-state index in [0.717, 1.165) is 51.4 Å². The van der Waals surface area contributed by atoms with E-state index in [4.69, 9.17) is 0 Å². The molecular weight excluding hydrogens is 393 g/mol. The Morgan fingerprint density at radius 1 is 0.667 bits per heavy atom. The average Bonchev–Trinajstić information content (AvgIpc) is 3.17. The molecule has 0 N–H and O–H groups in total. The Morgan fingerprint density at radius 2 is 1.04 bits per heavy atom. The third-order valence-corrected chi connectivity index (χ3v) is 8.53. The van der Waals surface area contributed by atoms with Crippen LogP contribution < -0.4 is 14.8 Å². The molecule has 0 aromatic heterocycles. The van der Waals surface area contributed by atoms with Gasteiger partial charge in [0.1, 0.15) is 11.5 Å². The number of ether oxygens (including phenoxy) is 2. The molecule has 0 unspecified atom stereocenters. The fraction of sp³-hybridized carbons (Fsp3) is 0.667.